The molecule has 0 saturated carbocycles. The second-order valence-electron chi connectivity index (χ2n) is 6.82. The van der Waals surface area contributed by atoms with E-state index in [4.69, 9.17) is 0 Å². The molecule has 25 heavy (non-hydrogen) atoms. The van der Waals surface area contributed by atoms with Crippen molar-refractivity contribution in [3.63, 3.8) is 0 Å². The van der Waals surface area contributed by atoms with Crippen molar-refractivity contribution in [2.24, 2.45) is 5.92 Å². The van der Waals surface area contributed by atoms with Gasteiger partial charge in [0.2, 0.25) is 5.91 Å². The standard InChI is InChI=1S/C20H22FN3O/c21-19-4-2-1-3-15(19)11-16-9-10-24(20(16)25)18-7-5-14(6-8-18)17-12-22-23-13-17/h1-8,16-17,22-23H,9-13H2. The summed E-state index contributed by atoms with van der Waals surface area (Å²) in [6, 6.07) is 15.0. The summed E-state index contributed by atoms with van der Waals surface area (Å²) in [5.41, 5.74) is 9.10. The molecule has 2 aromatic rings. The van der Waals surface area contributed by atoms with Crippen LogP contribution in [0.3, 0.4) is 0 Å². The number of hydrogen-bond acceptors (Lipinski definition) is 3. The molecule has 2 aliphatic rings. The van der Waals surface area contributed by atoms with Crippen molar-refractivity contribution in [1.82, 2.24) is 10.9 Å². The topological polar surface area (TPSA) is 44.4 Å². The van der Waals surface area contributed by atoms with E-state index in [-0.39, 0.29) is 17.6 Å². The maximum Gasteiger partial charge on any atom is 0.230 e. The van der Waals surface area contributed by atoms with Gasteiger partial charge in [0.1, 0.15) is 5.82 Å². The summed E-state index contributed by atoms with van der Waals surface area (Å²) in [5, 5.41) is 0. The van der Waals surface area contributed by atoms with E-state index >= 15 is 0 Å². The van der Waals surface area contributed by atoms with Gasteiger partial charge in [-0.2, -0.15) is 0 Å². The van der Waals surface area contributed by atoms with Gasteiger partial charge in [0.25, 0.3) is 0 Å². The minimum absolute atomic E-state index is 0.0974. The lowest BCUT2D eigenvalue weighted by Crippen LogP contribution is -2.27. The van der Waals surface area contributed by atoms with Crippen molar-refractivity contribution in [2.45, 2.75) is 18.8 Å². The Morgan fingerprint density at radius 3 is 2.48 bits per heavy atom. The van der Waals surface area contributed by atoms with Gasteiger partial charge >= 0.3 is 0 Å². The van der Waals surface area contributed by atoms with Crippen LogP contribution in [0.2, 0.25) is 0 Å². The molecule has 2 N–H and O–H groups in total. The molecule has 5 heteroatoms. The van der Waals surface area contributed by atoms with Crippen LogP contribution in [0.1, 0.15) is 23.5 Å². The minimum Gasteiger partial charge on any atom is -0.312 e. The lowest BCUT2D eigenvalue weighted by Gasteiger charge is -2.18. The quantitative estimate of drug-likeness (QED) is 0.900. The van der Waals surface area contributed by atoms with Gasteiger partial charge in [-0.3, -0.25) is 15.6 Å². The smallest absolute Gasteiger partial charge is 0.230 e. The number of hydrazine groups is 1. The predicted molar refractivity (Wildman–Crippen MR) is 95.8 cm³/mol. The van der Waals surface area contributed by atoms with E-state index in [0.29, 0.717) is 24.4 Å². The third-order valence-electron chi connectivity index (χ3n) is 5.24. The first-order valence-corrected chi connectivity index (χ1v) is 8.83. The molecule has 0 bridgehead atoms. The molecule has 0 aromatic heterocycles. The second kappa shape index (κ2) is 6.94. The van der Waals surface area contributed by atoms with Crippen LogP contribution in [0.25, 0.3) is 0 Å². The van der Waals surface area contributed by atoms with Crippen LogP contribution in [0.4, 0.5) is 10.1 Å². The molecule has 4 nitrogen and oxygen atoms in total. The van der Waals surface area contributed by atoms with Gasteiger partial charge < -0.3 is 4.90 Å². The number of benzene rings is 2. The fraction of sp³-hybridized carbons (Fsp3) is 0.350. The van der Waals surface area contributed by atoms with E-state index in [1.165, 1.54) is 11.6 Å². The third kappa shape index (κ3) is 3.30. The number of hydrogen-bond donors (Lipinski definition) is 2. The zero-order valence-electron chi connectivity index (χ0n) is 14.0. The van der Waals surface area contributed by atoms with Gasteiger partial charge in [0.05, 0.1) is 0 Å². The predicted octanol–water partition coefficient (Wildman–Crippen LogP) is 2.61. The van der Waals surface area contributed by atoms with E-state index in [1.807, 2.05) is 23.1 Å². The van der Waals surface area contributed by atoms with Crippen LogP contribution >= 0.6 is 0 Å². The fourth-order valence-electron chi connectivity index (χ4n) is 3.74. The molecular weight excluding hydrogens is 317 g/mol. The van der Waals surface area contributed by atoms with Crippen LogP contribution in [0.15, 0.2) is 48.5 Å². The van der Waals surface area contributed by atoms with Crippen LogP contribution in [-0.2, 0) is 11.2 Å². The number of anilines is 1. The van der Waals surface area contributed by atoms with Crippen molar-refractivity contribution in [1.29, 1.82) is 0 Å². The molecule has 2 aromatic carbocycles. The Morgan fingerprint density at radius 2 is 1.76 bits per heavy atom. The van der Waals surface area contributed by atoms with Crippen LogP contribution < -0.4 is 15.8 Å². The molecule has 2 saturated heterocycles. The van der Waals surface area contributed by atoms with Crippen molar-refractivity contribution < 1.29 is 9.18 Å². The highest BCUT2D eigenvalue weighted by Crippen LogP contribution is 2.29. The van der Waals surface area contributed by atoms with Gasteiger partial charge in [0, 0.05) is 37.2 Å². The Bertz CT molecular complexity index is 756. The van der Waals surface area contributed by atoms with E-state index in [2.05, 4.69) is 23.0 Å². The van der Waals surface area contributed by atoms with E-state index in [9.17, 15) is 9.18 Å². The highest BCUT2D eigenvalue weighted by molar-refractivity contribution is 5.97. The molecule has 2 fully saturated rings. The molecule has 0 spiro atoms. The maximum atomic E-state index is 13.8. The summed E-state index contributed by atoms with van der Waals surface area (Å²) in [4.78, 5) is 14.6. The molecule has 2 aliphatic heterocycles. The molecule has 1 unspecified atom stereocenters. The highest BCUT2D eigenvalue weighted by atomic mass is 19.1. The summed E-state index contributed by atoms with van der Waals surface area (Å²) in [7, 11) is 0. The molecule has 4 rings (SSSR count). The van der Waals surface area contributed by atoms with Crippen LogP contribution in [0.5, 0.6) is 0 Å². The van der Waals surface area contributed by atoms with E-state index in [0.717, 1.165) is 25.2 Å². The summed E-state index contributed by atoms with van der Waals surface area (Å²) >= 11 is 0. The number of carbonyl (C=O) groups is 1. The van der Waals surface area contributed by atoms with Crippen LogP contribution in [-0.4, -0.2) is 25.5 Å². The van der Waals surface area contributed by atoms with E-state index < -0.39 is 0 Å². The third-order valence-corrected chi connectivity index (χ3v) is 5.24. The Hall–Kier alpha value is -2.24. The summed E-state index contributed by atoms with van der Waals surface area (Å²) in [5.74, 6) is 0.203. The molecule has 1 atom stereocenters. The Labute approximate surface area is 147 Å². The first-order chi connectivity index (χ1) is 12.2. The van der Waals surface area contributed by atoms with Crippen molar-refractivity contribution in [2.75, 3.05) is 24.5 Å². The number of halogens is 1. The van der Waals surface area contributed by atoms with Gasteiger partial charge in [0.15, 0.2) is 0 Å². The largest absolute Gasteiger partial charge is 0.312 e. The van der Waals surface area contributed by atoms with Gasteiger partial charge in [-0.15, -0.1) is 0 Å². The Morgan fingerprint density at radius 1 is 1.04 bits per heavy atom. The Balaban J connectivity index is 1.45. The summed E-state index contributed by atoms with van der Waals surface area (Å²) in [6.45, 7) is 2.54. The molecule has 0 aliphatic carbocycles. The Kier molecular flexibility index (Phi) is 4.51. The van der Waals surface area contributed by atoms with Gasteiger partial charge in [-0.25, -0.2) is 4.39 Å². The molecule has 130 valence electrons. The number of nitrogens with zero attached hydrogens (tertiary/aromatic N) is 1. The maximum absolute atomic E-state index is 13.8. The van der Waals surface area contributed by atoms with Crippen molar-refractivity contribution >= 4 is 11.6 Å². The number of nitrogens with one attached hydrogen (secondary N) is 2. The first kappa shape index (κ1) is 16.2. The first-order valence-electron chi connectivity index (χ1n) is 8.83. The zero-order valence-corrected chi connectivity index (χ0v) is 14.0. The lowest BCUT2D eigenvalue weighted by atomic mass is 9.97. The number of amides is 1. The number of carbonyl (C=O) groups excluding carboxylic acids is 1. The molecule has 0 radical (unpaired) electrons. The van der Waals surface area contributed by atoms with Crippen molar-refractivity contribution in [3.05, 3.63) is 65.5 Å². The molecular formula is C20H22FN3O. The second-order valence-corrected chi connectivity index (χ2v) is 6.82. The SMILES string of the molecule is O=C1C(Cc2ccccc2F)CCN1c1ccc(C2CNNC2)cc1. The van der Waals surface area contributed by atoms with Gasteiger partial charge in [-0.1, -0.05) is 30.3 Å². The molecule has 1 amide bonds. The summed E-state index contributed by atoms with van der Waals surface area (Å²) < 4.78 is 13.8. The highest BCUT2D eigenvalue weighted by Gasteiger charge is 2.33. The summed E-state index contributed by atoms with van der Waals surface area (Å²) in [6.07, 6.45) is 1.24. The van der Waals surface area contributed by atoms with Gasteiger partial charge in [-0.05, 0) is 42.2 Å². The number of rotatable bonds is 4. The minimum atomic E-state index is -0.225. The normalized spacial score (nSPS) is 21.2. The van der Waals surface area contributed by atoms with Crippen LogP contribution in [0, 0.1) is 11.7 Å². The average Bonchev–Trinajstić information content (AvgIpc) is 3.28. The van der Waals surface area contributed by atoms with Crippen molar-refractivity contribution in [3.8, 4) is 0 Å². The lowest BCUT2D eigenvalue weighted by molar-refractivity contribution is -0.120. The molecule has 2 heterocycles. The van der Waals surface area contributed by atoms with E-state index in [1.54, 1.807) is 12.1 Å². The monoisotopic (exact) mass is 339 g/mol. The average molecular weight is 339 g/mol. The zero-order chi connectivity index (χ0) is 17.2. The fourth-order valence-corrected chi connectivity index (χ4v) is 3.74.